The zero-order valence-corrected chi connectivity index (χ0v) is 17.0. The van der Waals surface area contributed by atoms with Crippen LogP contribution in [0, 0.1) is 0 Å². The number of carbonyl (C=O) groups excluding carboxylic acids is 1. The Kier molecular flexibility index (Phi) is 7.09. The van der Waals surface area contributed by atoms with Gasteiger partial charge in [0.05, 0.1) is 14.2 Å². The molecule has 9 heteroatoms. The third kappa shape index (κ3) is 5.49. The van der Waals surface area contributed by atoms with Gasteiger partial charge in [-0.25, -0.2) is 15.2 Å². The number of ether oxygens (including phenoxy) is 3. The van der Waals surface area contributed by atoms with E-state index in [4.69, 9.17) is 14.2 Å². The number of piperazine rings is 1. The second kappa shape index (κ2) is 9.11. The van der Waals surface area contributed by atoms with Gasteiger partial charge in [0.25, 0.3) is 0 Å². The van der Waals surface area contributed by atoms with Crippen molar-refractivity contribution in [2.24, 2.45) is 0 Å². The maximum atomic E-state index is 12.2. The van der Waals surface area contributed by atoms with Gasteiger partial charge in [0.2, 0.25) is 0 Å². The van der Waals surface area contributed by atoms with Crippen LogP contribution in [0.25, 0.3) is 0 Å². The summed E-state index contributed by atoms with van der Waals surface area (Å²) < 4.78 is 16.0. The van der Waals surface area contributed by atoms with Gasteiger partial charge in [-0.05, 0) is 26.8 Å². The zero-order chi connectivity index (χ0) is 20.9. The fraction of sp³-hybridized carbons (Fsp3) is 0.579. The van der Waals surface area contributed by atoms with Crippen LogP contribution in [-0.2, 0) is 9.53 Å². The van der Waals surface area contributed by atoms with Gasteiger partial charge >= 0.3 is 12.1 Å². The van der Waals surface area contributed by atoms with E-state index >= 15 is 0 Å². The van der Waals surface area contributed by atoms with Crippen molar-refractivity contribution in [3.63, 3.8) is 0 Å². The number of carboxylic acids is 1. The molecule has 9 nitrogen and oxygen atoms in total. The third-order valence-electron chi connectivity index (χ3n) is 4.23. The number of nitrogens with one attached hydrogen (secondary N) is 1. The first-order valence-electron chi connectivity index (χ1n) is 9.09. The second-order valence-corrected chi connectivity index (χ2v) is 7.44. The molecule has 1 aromatic rings. The maximum absolute atomic E-state index is 12.2. The van der Waals surface area contributed by atoms with Crippen LogP contribution in [0.1, 0.15) is 32.4 Å². The van der Waals surface area contributed by atoms with Gasteiger partial charge in [-0.1, -0.05) is 12.1 Å². The second-order valence-electron chi connectivity index (χ2n) is 7.44. The minimum atomic E-state index is -1.04. The molecule has 1 amide bonds. The monoisotopic (exact) mass is 395 g/mol. The standard InChI is InChI=1S/C19H29N3O6/c1-19(2,3)28-18(25)21-9-11-22(12-10-21)20-15(17(23)24)13-7-6-8-14(26-4)16(13)27-5/h6-8,15,20H,9-12H2,1-5H3,(H,23,24). The number of para-hydroxylation sites is 1. The number of hydrogen-bond donors (Lipinski definition) is 2. The lowest BCUT2D eigenvalue weighted by molar-refractivity contribution is -0.141. The Labute approximate surface area is 165 Å². The predicted octanol–water partition coefficient (Wildman–Crippen LogP) is 1.89. The molecular weight excluding hydrogens is 366 g/mol. The number of carbonyl (C=O) groups is 2. The molecule has 0 spiro atoms. The van der Waals surface area contributed by atoms with Gasteiger partial charge in [-0.15, -0.1) is 0 Å². The number of nitrogens with zero attached hydrogens (tertiary/aromatic N) is 2. The van der Waals surface area contributed by atoms with Crippen LogP contribution in [0.2, 0.25) is 0 Å². The number of methoxy groups -OCH3 is 2. The molecule has 2 rings (SSSR count). The van der Waals surface area contributed by atoms with Gasteiger partial charge in [0.15, 0.2) is 11.5 Å². The van der Waals surface area contributed by atoms with Crippen molar-refractivity contribution < 1.29 is 28.9 Å². The van der Waals surface area contributed by atoms with Crippen LogP contribution >= 0.6 is 0 Å². The summed E-state index contributed by atoms with van der Waals surface area (Å²) in [6.07, 6.45) is -0.364. The Morgan fingerprint density at radius 3 is 2.25 bits per heavy atom. The van der Waals surface area contributed by atoms with E-state index in [1.807, 2.05) is 20.8 Å². The summed E-state index contributed by atoms with van der Waals surface area (Å²) in [5, 5.41) is 11.5. The van der Waals surface area contributed by atoms with Crippen molar-refractivity contribution in [2.45, 2.75) is 32.4 Å². The van der Waals surface area contributed by atoms with E-state index in [0.717, 1.165) is 0 Å². The van der Waals surface area contributed by atoms with E-state index in [1.54, 1.807) is 28.1 Å². The van der Waals surface area contributed by atoms with Crippen molar-refractivity contribution in [2.75, 3.05) is 40.4 Å². The summed E-state index contributed by atoms with van der Waals surface area (Å²) in [4.78, 5) is 25.7. The van der Waals surface area contributed by atoms with E-state index in [9.17, 15) is 14.7 Å². The van der Waals surface area contributed by atoms with Crippen LogP contribution in [0.5, 0.6) is 11.5 Å². The largest absolute Gasteiger partial charge is 0.493 e. The van der Waals surface area contributed by atoms with Crippen molar-refractivity contribution in [1.82, 2.24) is 15.3 Å². The Morgan fingerprint density at radius 2 is 1.75 bits per heavy atom. The van der Waals surface area contributed by atoms with E-state index in [2.05, 4.69) is 5.43 Å². The van der Waals surface area contributed by atoms with Crippen LogP contribution < -0.4 is 14.9 Å². The first-order chi connectivity index (χ1) is 13.2. The number of aliphatic carboxylic acids is 1. The number of benzene rings is 1. The minimum Gasteiger partial charge on any atom is -0.493 e. The van der Waals surface area contributed by atoms with Gasteiger partial charge in [-0.3, -0.25) is 4.79 Å². The Balaban J connectivity index is 2.06. The Hall–Kier alpha value is -2.52. The molecule has 28 heavy (non-hydrogen) atoms. The summed E-state index contributed by atoms with van der Waals surface area (Å²) in [6.45, 7) is 7.27. The average Bonchev–Trinajstić information content (AvgIpc) is 2.64. The van der Waals surface area contributed by atoms with E-state index in [0.29, 0.717) is 43.2 Å². The number of amides is 1. The molecule has 1 aromatic carbocycles. The SMILES string of the molecule is COc1cccc(C(NN2CCN(C(=O)OC(C)(C)C)CC2)C(=O)O)c1OC. The van der Waals surface area contributed by atoms with E-state index in [-0.39, 0.29) is 6.09 Å². The molecule has 0 saturated carbocycles. The topological polar surface area (TPSA) is 101 Å². The highest BCUT2D eigenvalue weighted by molar-refractivity contribution is 5.77. The quantitative estimate of drug-likeness (QED) is 0.753. The Morgan fingerprint density at radius 1 is 1.11 bits per heavy atom. The normalized spacial score (nSPS) is 16.4. The summed E-state index contributed by atoms with van der Waals surface area (Å²) in [7, 11) is 2.97. The van der Waals surface area contributed by atoms with Crippen LogP contribution in [-0.4, -0.2) is 73.1 Å². The number of carboxylic acid groups (broad SMARTS) is 1. The molecule has 1 fully saturated rings. The minimum absolute atomic E-state index is 0.364. The molecular formula is C19H29N3O6. The highest BCUT2D eigenvalue weighted by Gasteiger charge is 2.30. The lowest BCUT2D eigenvalue weighted by atomic mass is 10.1. The average molecular weight is 395 g/mol. The molecule has 156 valence electrons. The zero-order valence-electron chi connectivity index (χ0n) is 17.0. The predicted molar refractivity (Wildman–Crippen MR) is 102 cm³/mol. The first-order valence-corrected chi connectivity index (χ1v) is 9.09. The van der Waals surface area contributed by atoms with Crippen molar-refractivity contribution in [3.05, 3.63) is 23.8 Å². The van der Waals surface area contributed by atoms with E-state index < -0.39 is 17.6 Å². The lowest BCUT2D eigenvalue weighted by Gasteiger charge is -2.37. The maximum Gasteiger partial charge on any atom is 0.410 e. The van der Waals surface area contributed by atoms with Crippen LogP contribution in [0.3, 0.4) is 0 Å². The molecule has 0 bridgehead atoms. The fourth-order valence-electron chi connectivity index (χ4n) is 2.92. The molecule has 0 aromatic heterocycles. The number of hydrazine groups is 1. The molecule has 1 atom stereocenters. The summed E-state index contributed by atoms with van der Waals surface area (Å²) in [5.74, 6) is -0.207. The van der Waals surface area contributed by atoms with Crippen molar-refractivity contribution in [3.8, 4) is 11.5 Å². The van der Waals surface area contributed by atoms with Gasteiger partial charge < -0.3 is 24.2 Å². The van der Waals surface area contributed by atoms with Gasteiger partial charge in [0, 0.05) is 31.7 Å². The smallest absolute Gasteiger partial charge is 0.410 e. The van der Waals surface area contributed by atoms with Crippen LogP contribution in [0.4, 0.5) is 4.79 Å². The first kappa shape index (κ1) is 21.8. The highest BCUT2D eigenvalue weighted by Crippen LogP contribution is 2.34. The molecule has 2 N–H and O–H groups in total. The summed E-state index contributed by atoms with van der Waals surface area (Å²) in [6, 6.07) is 4.10. The van der Waals surface area contributed by atoms with Crippen LogP contribution in [0.15, 0.2) is 18.2 Å². The fourth-order valence-corrected chi connectivity index (χ4v) is 2.92. The molecule has 0 radical (unpaired) electrons. The van der Waals surface area contributed by atoms with E-state index in [1.165, 1.54) is 14.2 Å². The molecule has 1 heterocycles. The summed E-state index contributed by atoms with van der Waals surface area (Å²) in [5.41, 5.74) is 2.94. The van der Waals surface area contributed by atoms with Gasteiger partial charge in [-0.2, -0.15) is 0 Å². The molecule has 1 aliphatic heterocycles. The van der Waals surface area contributed by atoms with Crippen molar-refractivity contribution >= 4 is 12.1 Å². The lowest BCUT2D eigenvalue weighted by Crippen LogP contribution is -2.55. The Bertz CT molecular complexity index is 695. The number of hydrogen-bond acceptors (Lipinski definition) is 7. The van der Waals surface area contributed by atoms with Gasteiger partial charge in [0.1, 0.15) is 11.6 Å². The summed E-state index contributed by atoms with van der Waals surface area (Å²) >= 11 is 0. The van der Waals surface area contributed by atoms with Crippen molar-refractivity contribution in [1.29, 1.82) is 0 Å². The highest BCUT2D eigenvalue weighted by atomic mass is 16.6. The molecule has 1 aliphatic rings. The molecule has 1 saturated heterocycles. The number of rotatable bonds is 6. The molecule has 1 unspecified atom stereocenters. The third-order valence-corrected chi connectivity index (χ3v) is 4.23. The molecule has 0 aliphatic carbocycles.